The summed E-state index contributed by atoms with van der Waals surface area (Å²) >= 11 is 0. The van der Waals surface area contributed by atoms with Gasteiger partial charge in [0.15, 0.2) is 0 Å². The number of Topliss-reactive ketones (excluding diaryl/α,β-unsaturated/α-hetero) is 1. The Labute approximate surface area is 226 Å². The minimum atomic E-state index is -0.505. The van der Waals surface area contributed by atoms with Crippen molar-refractivity contribution >= 4 is 11.7 Å². The van der Waals surface area contributed by atoms with E-state index in [-0.39, 0.29) is 24.5 Å². The van der Waals surface area contributed by atoms with E-state index in [9.17, 15) is 19.1 Å². The summed E-state index contributed by atoms with van der Waals surface area (Å²) in [6.07, 6.45) is 4.45. The number of ketones is 1. The molecule has 1 aliphatic rings. The van der Waals surface area contributed by atoms with Gasteiger partial charge < -0.3 is 19.7 Å². The zero-order chi connectivity index (χ0) is 27.4. The Balaban J connectivity index is 1.23. The van der Waals surface area contributed by atoms with Gasteiger partial charge in [-0.2, -0.15) is 0 Å². The molecule has 5 rings (SSSR count). The second-order valence-electron chi connectivity index (χ2n) is 9.96. The number of carbonyl (C=O) groups excluding carboxylic acids is 2. The van der Waals surface area contributed by atoms with E-state index in [1.807, 2.05) is 31.2 Å². The summed E-state index contributed by atoms with van der Waals surface area (Å²) in [5, 5.41) is 9.88. The van der Waals surface area contributed by atoms with E-state index in [0.29, 0.717) is 53.5 Å². The molecule has 1 unspecified atom stereocenters. The van der Waals surface area contributed by atoms with Gasteiger partial charge in [-0.15, -0.1) is 0 Å². The number of nitrogens with one attached hydrogen (secondary N) is 1. The van der Waals surface area contributed by atoms with Crippen molar-refractivity contribution in [2.45, 2.75) is 38.7 Å². The van der Waals surface area contributed by atoms with Crippen molar-refractivity contribution in [3.8, 4) is 22.9 Å². The molecule has 4 aromatic rings. The van der Waals surface area contributed by atoms with E-state index < -0.39 is 11.9 Å². The fraction of sp³-hybridized carbons (Fsp3) is 0.258. The number of aliphatic hydroxyl groups excluding tert-OH is 1. The van der Waals surface area contributed by atoms with Crippen LogP contribution in [0, 0.1) is 12.7 Å². The van der Waals surface area contributed by atoms with Gasteiger partial charge in [-0.1, -0.05) is 35.9 Å². The molecule has 0 saturated carbocycles. The number of ether oxygens (including phenoxy) is 1. The van der Waals surface area contributed by atoms with Crippen molar-refractivity contribution in [1.82, 2.24) is 14.9 Å². The first-order valence-corrected chi connectivity index (χ1v) is 13.0. The van der Waals surface area contributed by atoms with E-state index in [1.54, 1.807) is 47.6 Å². The lowest BCUT2D eigenvalue weighted by Crippen LogP contribution is -2.42. The quantitative estimate of drug-likeness (QED) is 0.326. The van der Waals surface area contributed by atoms with Crippen LogP contribution in [0.5, 0.6) is 11.5 Å². The van der Waals surface area contributed by atoms with Crippen LogP contribution in [0.25, 0.3) is 11.4 Å². The molecule has 200 valence electrons. The van der Waals surface area contributed by atoms with Crippen molar-refractivity contribution in [3.05, 3.63) is 101 Å². The number of rotatable bonds is 8. The second kappa shape index (κ2) is 11.6. The molecule has 0 radical (unpaired) electrons. The summed E-state index contributed by atoms with van der Waals surface area (Å²) in [6, 6.07) is 17.3. The van der Waals surface area contributed by atoms with Gasteiger partial charge in [-0.05, 0) is 49.1 Å². The number of hydrogen-bond donors (Lipinski definition) is 2. The summed E-state index contributed by atoms with van der Waals surface area (Å²) < 4.78 is 20.7. The minimum absolute atomic E-state index is 0.00370. The highest BCUT2D eigenvalue weighted by Gasteiger charge is 2.24. The molecule has 1 amide bonds. The largest absolute Gasteiger partial charge is 0.457 e. The summed E-state index contributed by atoms with van der Waals surface area (Å²) in [5.74, 6) is 0.0355. The molecule has 2 N–H and O–H groups in total. The van der Waals surface area contributed by atoms with Crippen LogP contribution in [0.4, 0.5) is 4.39 Å². The first kappa shape index (κ1) is 26.3. The number of likely N-dealkylation sites (tertiary alicyclic amines) is 1. The molecule has 3 heterocycles. The standard InChI is InChI=1S/C31H30FN3O4/c1-20-4-2-5-21(12-20)13-25(37)14-22-7-8-26(16-28(22)32)39-27-9-10-33-30(17-27)29-15-23(18-34-29)31(38)35-11-3-6-24(36)19-35/h2,4-5,7-10,12,15-18,24,34,36H,3,6,11,13-14,19H2,1H3. The number of benzene rings is 2. The van der Waals surface area contributed by atoms with Gasteiger partial charge in [-0.3, -0.25) is 14.6 Å². The SMILES string of the molecule is Cc1cccc(CC(=O)Cc2ccc(Oc3ccnc(-c4cc(C(=O)N5CCCC(O)C5)c[nH]4)c3)cc2F)c1. The first-order chi connectivity index (χ1) is 18.8. The summed E-state index contributed by atoms with van der Waals surface area (Å²) in [4.78, 5) is 34.4. The second-order valence-corrected chi connectivity index (χ2v) is 9.96. The van der Waals surface area contributed by atoms with Gasteiger partial charge in [0.1, 0.15) is 23.1 Å². The molecule has 39 heavy (non-hydrogen) atoms. The molecule has 2 aromatic heterocycles. The highest BCUT2D eigenvalue weighted by Crippen LogP contribution is 2.27. The summed E-state index contributed by atoms with van der Waals surface area (Å²) in [6.45, 7) is 2.92. The maximum Gasteiger partial charge on any atom is 0.255 e. The number of carbonyl (C=O) groups is 2. The van der Waals surface area contributed by atoms with Crippen LogP contribution in [0.15, 0.2) is 73.1 Å². The van der Waals surface area contributed by atoms with Gasteiger partial charge >= 0.3 is 0 Å². The molecule has 0 aliphatic carbocycles. The van der Waals surface area contributed by atoms with Crippen LogP contribution in [0.1, 0.15) is 39.9 Å². The van der Waals surface area contributed by atoms with E-state index in [4.69, 9.17) is 4.74 Å². The van der Waals surface area contributed by atoms with E-state index >= 15 is 0 Å². The van der Waals surface area contributed by atoms with Gasteiger partial charge in [0.05, 0.1) is 23.1 Å². The van der Waals surface area contributed by atoms with Crippen LogP contribution < -0.4 is 4.74 Å². The van der Waals surface area contributed by atoms with Crippen LogP contribution >= 0.6 is 0 Å². The molecule has 1 fully saturated rings. The van der Waals surface area contributed by atoms with Crippen molar-refractivity contribution in [3.63, 3.8) is 0 Å². The lowest BCUT2D eigenvalue weighted by atomic mass is 10.0. The number of aromatic nitrogens is 2. The number of nitrogens with zero attached hydrogens (tertiary/aromatic N) is 2. The molecule has 0 spiro atoms. The lowest BCUT2D eigenvalue weighted by molar-refractivity contribution is -0.117. The normalized spacial score (nSPS) is 15.3. The number of pyridine rings is 1. The van der Waals surface area contributed by atoms with Crippen molar-refractivity contribution in [2.75, 3.05) is 13.1 Å². The Bertz CT molecular complexity index is 1500. The van der Waals surface area contributed by atoms with Crippen LogP contribution in [0.2, 0.25) is 0 Å². The molecule has 1 saturated heterocycles. The molecule has 8 heteroatoms. The number of β-amino-alcohol motifs (C(OH)–C–C–N with tert-alkyl or cyclic N) is 1. The average Bonchev–Trinajstić information content (AvgIpc) is 3.41. The third-order valence-corrected chi connectivity index (χ3v) is 6.75. The predicted octanol–water partition coefficient (Wildman–Crippen LogP) is 5.27. The molecular weight excluding hydrogens is 497 g/mol. The summed E-state index contributed by atoms with van der Waals surface area (Å²) in [7, 11) is 0. The maximum absolute atomic E-state index is 14.8. The lowest BCUT2D eigenvalue weighted by Gasteiger charge is -2.29. The molecule has 1 aliphatic heterocycles. The Morgan fingerprint density at radius 3 is 2.74 bits per heavy atom. The van der Waals surface area contributed by atoms with Crippen molar-refractivity contribution in [1.29, 1.82) is 0 Å². The van der Waals surface area contributed by atoms with E-state index in [1.165, 1.54) is 6.07 Å². The third kappa shape index (κ3) is 6.59. The van der Waals surface area contributed by atoms with Gasteiger partial charge in [0.2, 0.25) is 0 Å². The molecule has 7 nitrogen and oxygen atoms in total. The van der Waals surface area contributed by atoms with E-state index in [0.717, 1.165) is 17.5 Å². The average molecular weight is 528 g/mol. The minimum Gasteiger partial charge on any atom is -0.457 e. The number of aryl methyl sites for hydroxylation is 1. The van der Waals surface area contributed by atoms with Crippen LogP contribution in [-0.4, -0.2) is 50.9 Å². The molecule has 2 aromatic carbocycles. The Morgan fingerprint density at radius 1 is 1.10 bits per heavy atom. The fourth-order valence-corrected chi connectivity index (χ4v) is 4.81. The van der Waals surface area contributed by atoms with Crippen molar-refractivity contribution in [2.24, 2.45) is 0 Å². The number of H-pyrrole nitrogens is 1. The zero-order valence-corrected chi connectivity index (χ0v) is 21.7. The zero-order valence-electron chi connectivity index (χ0n) is 21.7. The molecular formula is C31H30FN3O4. The smallest absolute Gasteiger partial charge is 0.255 e. The summed E-state index contributed by atoms with van der Waals surface area (Å²) in [5.41, 5.74) is 3.99. The highest BCUT2D eigenvalue weighted by atomic mass is 19.1. The van der Waals surface area contributed by atoms with Crippen molar-refractivity contribution < 1.29 is 23.8 Å². The topological polar surface area (TPSA) is 95.5 Å². The van der Waals surface area contributed by atoms with E-state index in [2.05, 4.69) is 9.97 Å². The van der Waals surface area contributed by atoms with Crippen LogP contribution in [0.3, 0.4) is 0 Å². The number of piperidine rings is 1. The number of hydrogen-bond acceptors (Lipinski definition) is 5. The fourth-order valence-electron chi connectivity index (χ4n) is 4.81. The monoisotopic (exact) mass is 527 g/mol. The predicted molar refractivity (Wildman–Crippen MR) is 145 cm³/mol. The first-order valence-electron chi connectivity index (χ1n) is 13.0. The number of aromatic amines is 1. The number of halogens is 1. The maximum atomic E-state index is 14.8. The van der Waals surface area contributed by atoms with Crippen LogP contribution in [-0.2, 0) is 17.6 Å². The number of aliphatic hydroxyl groups is 1. The Kier molecular flexibility index (Phi) is 7.84. The van der Waals surface area contributed by atoms with Gasteiger partial charge in [0.25, 0.3) is 5.91 Å². The Morgan fingerprint density at radius 2 is 1.95 bits per heavy atom. The van der Waals surface area contributed by atoms with Gasteiger partial charge in [0, 0.05) is 50.5 Å². The molecule has 1 atom stereocenters. The number of amides is 1. The third-order valence-electron chi connectivity index (χ3n) is 6.75. The highest BCUT2D eigenvalue weighted by molar-refractivity contribution is 5.95. The molecule has 0 bridgehead atoms. The Hall–Kier alpha value is -4.30. The van der Waals surface area contributed by atoms with Gasteiger partial charge in [-0.25, -0.2) is 4.39 Å².